The summed E-state index contributed by atoms with van der Waals surface area (Å²) in [6.45, 7) is 1.72. The van der Waals surface area contributed by atoms with Crippen molar-refractivity contribution >= 4 is 0 Å². The molecule has 0 spiro atoms. The summed E-state index contributed by atoms with van der Waals surface area (Å²) >= 11 is 0. The standard InChI is InChI=1S/C14H21NO4/c1-16-12-7-11(8-13(17-2)14(12)18-3)19-9-10-5-4-6-15-10/h7-8,10,15H,4-6,9H2,1-3H3/t10-/m1/s1. The van der Waals surface area contributed by atoms with Gasteiger partial charge in [-0.1, -0.05) is 0 Å². The van der Waals surface area contributed by atoms with Gasteiger partial charge >= 0.3 is 0 Å². The Morgan fingerprint density at radius 1 is 1.11 bits per heavy atom. The van der Waals surface area contributed by atoms with Crippen LogP contribution in [0.2, 0.25) is 0 Å². The quantitative estimate of drug-likeness (QED) is 0.852. The first kappa shape index (κ1) is 13.8. The number of methoxy groups -OCH3 is 3. The number of rotatable bonds is 6. The van der Waals surface area contributed by atoms with Gasteiger partial charge in [-0.3, -0.25) is 0 Å². The molecule has 5 heteroatoms. The zero-order valence-electron chi connectivity index (χ0n) is 11.7. The van der Waals surface area contributed by atoms with E-state index in [9.17, 15) is 0 Å². The molecule has 0 unspecified atom stereocenters. The van der Waals surface area contributed by atoms with Gasteiger partial charge in [0.15, 0.2) is 11.5 Å². The van der Waals surface area contributed by atoms with Gasteiger partial charge in [-0.05, 0) is 19.4 Å². The van der Waals surface area contributed by atoms with Crippen LogP contribution in [-0.4, -0.2) is 40.5 Å². The van der Waals surface area contributed by atoms with Crippen molar-refractivity contribution in [2.45, 2.75) is 18.9 Å². The molecule has 1 aliphatic rings. The summed E-state index contributed by atoms with van der Waals surface area (Å²) in [6, 6.07) is 4.06. The molecule has 0 aromatic heterocycles. The average molecular weight is 267 g/mol. The normalized spacial score (nSPS) is 18.2. The van der Waals surface area contributed by atoms with E-state index in [-0.39, 0.29) is 0 Å². The topological polar surface area (TPSA) is 49.0 Å². The molecule has 1 atom stereocenters. The average Bonchev–Trinajstić information content (AvgIpc) is 2.97. The molecule has 2 rings (SSSR count). The molecule has 1 aliphatic heterocycles. The van der Waals surface area contributed by atoms with Crippen LogP contribution < -0.4 is 24.3 Å². The molecule has 0 aliphatic carbocycles. The highest BCUT2D eigenvalue weighted by molar-refractivity contribution is 5.55. The number of benzene rings is 1. The molecule has 106 valence electrons. The van der Waals surface area contributed by atoms with Gasteiger partial charge in [-0.15, -0.1) is 0 Å². The Morgan fingerprint density at radius 3 is 2.26 bits per heavy atom. The molecule has 1 saturated heterocycles. The maximum absolute atomic E-state index is 5.80. The predicted octanol–water partition coefficient (Wildman–Crippen LogP) is 1.84. The van der Waals surface area contributed by atoms with Crippen LogP contribution in [0.1, 0.15) is 12.8 Å². The van der Waals surface area contributed by atoms with Crippen LogP contribution in [0.25, 0.3) is 0 Å². The van der Waals surface area contributed by atoms with Crippen LogP contribution in [0.15, 0.2) is 12.1 Å². The summed E-state index contributed by atoms with van der Waals surface area (Å²) < 4.78 is 21.7. The summed E-state index contributed by atoms with van der Waals surface area (Å²) in [5.41, 5.74) is 0. The number of ether oxygens (including phenoxy) is 4. The Labute approximate surface area is 113 Å². The Balaban J connectivity index is 2.11. The highest BCUT2D eigenvalue weighted by atomic mass is 16.5. The summed E-state index contributed by atoms with van der Waals surface area (Å²) in [5.74, 6) is 2.52. The lowest BCUT2D eigenvalue weighted by Crippen LogP contribution is -2.28. The summed E-state index contributed by atoms with van der Waals surface area (Å²) in [5, 5.41) is 3.39. The molecule has 1 heterocycles. The van der Waals surface area contributed by atoms with Crippen molar-refractivity contribution in [2.75, 3.05) is 34.5 Å². The van der Waals surface area contributed by atoms with Crippen molar-refractivity contribution in [3.05, 3.63) is 12.1 Å². The fourth-order valence-electron chi connectivity index (χ4n) is 2.24. The molecule has 5 nitrogen and oxygen atoms in total. The SMILES string of the molecule is COc1cc(OC[C@H]2CCCN2)cc(OC)c1OC. The summed E-state index contributed by atoms with van der Waals surface area (Å²) in [7, 11) is 4.78. The lowest BCUT2D eigenvalue weighted by Gasteiger charge is -2.16. The third kappa shape index (κ3) is 3.23. The molecule has 0 amide bonds. The summed E-state index contributed by atoms with van der Waals surface area (Å²) in [4.78, 5) is 0. The van der Waals surface area contributed by atoms with E-state index in [2.05, 4.69) is 5.32 Å². The zero-order chi connectivity index (χ0) is 13.7. The van der Waals surface area contributed by atoms with Gasteiger partial charge in [-0.2, -0.15) is 0 Å². The van der Waals surface area contributed by atoms with Gasteiger partial charge in [0.05, 0.1) is 21.3 Å². The second kappa shape index (κ2) is 6.52. The maximum atomic E-state index is 5.80. The van der Waals surface area contributed by atoms with Crippen LogP contribution in [0.4, 0.5) is 0 Å². The van der Waals surface area contributed by atoms with Gasteiger partial charge in [0.1, 0.15) is 12.4 Å². The van der Waals surface area contributed by atoms with Crippen molar-refractivity contribution in [3.63, 3.8) is 0 Å². The van der Waals surface area contributed by atoms with E-state index in [1.807, 2.05) is 12.1 Å². The molecule has 1 N–H and O–H groups in total. The lowest BCUT2D eigenvalue weighted by molar-refractivity contribution is 0.270. The largest absolute Gasteiger partial charge is 0.493 e. The summed E-state index contributed by atoms with van der Waals surface area (Å²) in [6.07, 6.45) is 2.37. The first-order valence-electron chi connectivity index (χ1n) is 6.44. The van der Waals surface area contributed by atoms with Crippen LogP contribution in [0.3, 0.4) is 0 Å². The first-order chi connectivity index (χ1) is 9.28. The molecule has 1 aromatic carbocycles. The highest BCUT2D eigenvalue weighted by Gasteiger charge is 2.17. The van der Waals surface area contributed by atoms with E-state index in [4.69, 9.17) is 18.9 Å². The third-order valence-corrected chi connectivity index (χ3v) is 3.25. The van der Waals surface area contributed by atoms with Crippen LogP contribution in [0.5, 0.6) is 23.0 Å². The van der Waals surface area contributed by atoms with Crippen molar-refractivity contribution < 1.29 is 18.9 Å². The zero-order valence-corrected chi connectivity index (χ0v) is 11.7. The van der Waals surface area contributed by atoms with E-state index in [1.54, 1.807) is 21.3 Å². The molecular formula is C14H21NO4. The molecule has 1 fully saturated rings. The van der Waals surface area contributed by atoms with Gasteiger partial charge in [0, 0.05) is 18.2 Å². The molecular weight excluding hydrogens is 246 g/mol. The van der Waals surface area contributed by atoms with Gasteiger partial charge in [0.2, 0.25) is 5.75 Å². The van der Waals surface area contributed by atoms with Gasteiger partial charge in [-0.25, -0.2) is 0 Å². The first-order valence-corrected chi connectivity index (χ1v) is 6.44. The van der Waals surface area contributed by atoms with E-state index in [0.717, 1.165) is 18.7 Å². The Hall–Kier alpha value is -1.62. The maximum Gasteiger partial charge on any atom is 0.203 e. The minimum Gasteiger partial charge on any atom is -0.493 e. The van der Waals surface area contributed by atoms with Crippen LogP contribution >= 0.6 is 0 Å². The molecule has 0 bridgehead atoms. The van der Waals surface area contributed by atoms with Crippen molar-refractivity contribution in [2.24, 2.45) is 0 Å². The van der Waals surface area contributed by atoms with E-state index in [1.165, 1.54) is 6.42 Å². The van der Waals surface area contributed by atoms with E-state index >= 15 is 0 Å². The molecule has 1 aromatic rings. The Morgan fingerprint density at radius 2 is 1.79 bits per heavy atom. The second-order valence-corrected chi connectivity index (χ2v) is 4.47. The lowest BCUT2D eigenvalue weighted by atomic mass is 10.2. The van der Waals surface area contributed by atoms with Gasteiger partial charge < -0.3 is 24.3 Å². The Kier molecular flexibility index (Phi) is 4.74. The fourth-order valence-corrected chi connectivity index (χ4v) is 2.24. The fraction of sp³-hybridized carbons (Fsp3) is 0.571. The highest BCUT2D eigenvalue weighted by Crippen LogP contribution is 2.40. The van der Waals surface area contributed by atoms with E-state index in [0.29, 0.717) is 29.9 Å². The van der Waals surface area contributed by atoms with E-state index < -0.39 is 0 Å². The van der Waals surface area contributed by atoms with Crippen molar-refractivity contribution in [1.29, 1.82) is 0 Å². The Bertz CT molecular complexity index is 391. The minimum absolute atomic E-state index is 0.430. The number of nitrogens with one attached hydrogen (secondary N) is 1. The minimum atomic E-state index is 0.430. The van der Waals surface area contributed by atoms with Crippen molar-refractivity contribution in [3.8, 4) is 23.0 Å². The van der Waals surface area contributed by atoms with Gasteiger partial charge in [0.25, 0.3) is 0 Å². The molecule has 0 saturated carbocycles. The third-order valence-electron chi connectivity index (χ3n) is 3.25. The smallest absolute Gasteiger partial charge is 0.203 e. The monoisotopic (exact) mass is 267 g/mol. The van der Waals surface area contributed by atoms with Crippen LogP contribution in [0, 0.1) is 0 Å². The number of hydrogen-bond donors (Lipinski definition) is 1. The molecule has 0 radical (unpaired) electrons. The second-order valence-electron chi connectivity index (χ2n) is 4.47. The molecule has 19 heavy (non-hydrogen) atoms. The predicted molar refractivity (Wildman–Crippen MR) is 72.6 cm³/mol. The number of hydrogen-bond acceptors (Lipinski definition) is 5. The van der Waals surface area contributed by atoms with Crippen LogP contribution in [-0.2, 0) is 0 Å². The van der Waals surface area contributed by atoms with Crippen molar-refractivity contribution in [1.82, 2.24) is 5.32 Å².